The van der Waals surface area contributed by atoms with Crippen molar-refractivity contribution in [2.45, 2.75) is 13.5 Å². The summed E-state index contributed by atoms with van der Waals surface area (Å²) in [6.07, 6.45) is 0. The maximum absolute atomic E-state index is 12.7. The number of carbonyl (C=O) groups excluding carboxylic acids is 1. The number of non-ortho nitro benzene ring substituents is 1. The molecule has 3 rings (SSSR count). The number of aromatic nitrogens is 1. The molecule has 150 valence electrons. The van der Waals surface area contributed by atoms with Crippen molar-refractivity contribution in [3.05, 3.63) is 74.6 Å². The molecule has 10 heteroatoms. The highest BCUT2D eigenvalue weighted by Crippen LogP contribution is 2.30. The number of nitro groups is 1. The average molecular weight is 418 g/mol. The smallest absolute Gasteiger partial charge is 0.278 e. The van der Waals surface area contributed by atoms with Gasteiger partial charge in [0.15, 0.2) is 5.69 Å². The van der Waals surface area contributed by atoms with Gasteiger partial charge in [-0.15, -0.1) is 0 Å². The van der Waals surface area contributed by atoms with Gasteiger partial charge in [-0.05, 0) is 37.3 Å². The molecule has 0 spiro atoms. The Bertz CT molecular complexity index is 1050. The maximum Gasteiger partial charge on any atom is 0.278 e. The molecule has 0 saturated heterocycles. The molecular formula is C19H16ClN3O6. The number of nitrogens with one attached hydrogen (secondary N) is 1. The fraction of sp³-hybridized carbons (Fsp3) is 0.158. The van der Waals surface area contributed by atoms with E-state index in [1.54, 1.807) is 31.2 Å². The largest absolute Gasteiger partial charge is 0.494 e. The number of anilines is 1. The van der Waals surface area contributed by atoms with Gasteiger partial charge < -0.3 is 19.3 Å². The van der Waals surface area contributed by atoms with E-state index in [1.165, 1.54) is 25.3 Å². The highest BCUT2D eigenvalue weighted by atomic mass is 35.5. The number of carbonyl (C=O) groups is 1. The molecule has 0 bridgehead atoms. The lowest BCUT2D eigenvalue weighted by Crippen LogP contribution is -2.16. The summed E-state index contributed by atoms with van der Waals surface area (Å²) >= 11 is 5.85. The van der Waals surface area contributed by atoms with Crippen molar-refractivity contribution in [2.75, 3.05) is 12.4 Å². The van der Waals surface area contributed by atoms with Crippen LogP contribution in [0.4, 0.5) is 11.4 Å². The summed E-state index contributed by atoms with van der Waals surface area (Å²) < 4.78 is 15.9. The van der Waals surface area contributed by atoms with Crippen molar-refractivity contribution in [3.63, 3.8) is 0 Å². The Balaban J connectivity index is 1.78. The average Bonchev–Trinajstić information content (AvgIpc) is 3.08. The molecule has 3 aromatic rings. The summed E-state index contributed by atoms with van der Waals surface area (Å²) in [5, 5.41) is 17.9. The number of rotatable bonds is 7. The van der Waals surface area contributed by atoms with Gasteiger partial charge in [-0.2, -0.15) is 0 Å². The number of nitro benzene ring substituents is 1. The first-order valence-electron chi connectivity index (χ1n) is 8.36. The number of aryl methyl sites for hydroxylation is 1. The topological polar surface area (TPSA) is 117 Å². The highest BCUT2D eigenvalue weighted by molar-refractivity contribution is 6.30. The molecule has 0 unspecified atom stereocenters. The zero-order chi connectivity index (χ0) is 21.0. The standard InChI is InChI=1S/C19H16ClN3O6/c1-11-15(10-28-14-6-3-12(20)4-7-14)18(22-29-11)19(24)21-16-8-5-13(23(25)26)9-17(16)27-2/h3-9H,10H2,1-2H3,(H,21,24). The summed E-state index contributed by atoms with van der Waals surface area (Å²) in [6.45, 7) is 1.72. The fourth-order valence-electron chi connectivity index (χ4n) is 2.50. The van der Waals surface area contributed by atoms with Gasteiger partial charge in [-0.1, -0.05) is 16.8 Å². The third kappa shape index (κ3) is 4.64. The summed E-state index contributed by atoms with van der Waals surface area (Å²) in [5.74, 6) is 0.577. The van der Waals surface area contributed by atoms with Crippen LogP contribution in [0.25, 0.3) is 0 Å². The molecule has 1 heterocycles. The van der Waals surface area contributed by atoms with Crippen molar-refractivity contribution in [1.29, 1.82) is 0 Å². The van der Waals surface area contributed by atoms with Gasteiger partial charge in [0.05, 0.1) is 29.4 Å². The van der Waals surface area contributed by atoms with E-state index in [0.29, 0.717) is 22.1 Å². The van der Waals surface area contributed by atoms with Crippen LogP contribution in [0.3, 0.4) is 0 Å². The monoisotopic (exact) mass is 417 g/mol. The molecule has 0 aliphatic rings. The number of methoxy groups -OCH3 is 1. The first-order valence-corrected chi connectivity index (χ1v) is 8.74. The summed E-state index contributed by atoms with van der Waals surface area (Å²) in [7, 11) is 1.35. The molecule has 0 aliphatic carbocycles. The van der Waals surface area contributed by atoms with Crippen LogP contribution in [0.5, 0.6) is 11.5 Å². The van der Waals surface area contributed by atoms with Gasteiger partial charge in [-0.3, -0.25) is 14.9 Å². The maximum atomic E-state index is 12.7. The lowest BCUT2D eigenvalue weighted by Gasteiger charge is -2.10. The first-order chi connectivity index (χ1) is 13.9. The molecule has 0 atom stereocenters. The molecule has 0 saturated carbocycles. The van der Waals surface area contributed by atoms with Crippen molar-refractivity contribution < 1.29 is 23.7 Å². The highest BCUT2D eigenvalue weighted by Gasteiger charge is 2.22. The summed E-state index contributed by atoms with van der Waals surface area (Å²) in [4.78, 5) is 23.0. The third-order valence-corrected chi connectivity index (χ3v) is 4.29. The molecule has 0 fully saturated rings. The minimum atomic E-state index is -0.566. The summed E-state index contributed by atoms with van der Waals surface area (Å²) in [6, 6.07) is 10.6. The number of nitrogens with zero attached hydrogens (tertiary/aromatic N) is 2. The van der Waals surface area contributed by atoms with Gasteiger partial charge >= 0.3 is 0 Å². The van der Waals surface area contributed by atoms with E-state index >= 15 is 0 Å². The van der Waals surface area contributed by atoms with Gasteiger partial charge in [0.1, 0.15) is 23.9 Å². The van der Waals surface area contributed by atoms with Crippen LogP contribution in [0.1, 0.15) is 21.8 Å². The van der Waals surface area contributed by atoms with Crippen molar-refractivity contribution >= 4 is 28.9 Å². The Labute approximate surface area is 170 Å². The quantitative estimate of drug-likeness (QED) is 0.447. The van der Waals surface area contributed by atoms with Gasteiger partial charge in [0, 0.05) is 11.1 Å². The second kappa shape index (κ2) is 8.61. The minimum Gasteiger partial charge on any atom is -0.494 e. The second-order valence-corrected chi connectivity index (χ2v) is 6.34. The van der Waals surface area contributed by atoms with E-state index in [9.17, 15) is 14.9 Å². The molecule has 9 nitrogen and oxygen atoms in total. The van der Waals surface area contributed by atoms with E-state index in [0.717, 1.165) is 0 Å². The van der Waals surface area contributed by atoms with Gasteiger partial charge in [-0.25, -0.2) is 0 Å². The van der Waals surface area contributed by atoms with E-state index in [1.807, 2.05) is 0 Å². The Kier molecular flexibility index (Phi) is 5.99. The van der Waals surface area contributed by atoms with Crippen LogP contribution in [0, 0.1) is 17.0 Å². The Hall–Kier alpha value is -3.59. The number of ether oxygens (including phenoxy) is 2. The normalized spacial score (nSPS) is 10.4. The van der Waals surface area contributed by atoms with E-state index in [2.05, 4.69) is 10.5 Å². The molecule has 1 N–H and O–H groups in total. The first kappa shape index (κ1) is 20.2. The Morgan fingerprint density at radius 3 is 2.66 bits per heavy atom. The molecular weight excluding hydrogens is 402 g/mol. The number of benzene rings is 2. The van der Waals surface area contributed by atoms with E-state index in [4.69, 9.17) is 25.6 Å². The molecule has 1 aromatic heterocycles. The predicted octanol–water partition coefficient (Wildman–Crippen LogP) is 4.38. The van der Waals surface area contributed by atoms with Crippen LogP contribution in [-0.4, -0.2) is 23.1 Å². The second-order valence-electron chi connectivity index (χ2n) is 5.90. The SMILES string of the molecule is COc1cc([N+](=O)[O-])ccc1NC(=O)c1noc(C)c1COc1ccc(Cl)cc1. The third-order valence-electron chi connectivity index (χ3n) is 4.04. The zero-order valence-electron chi connectivity index (χ0n) is 15.5. The minimum absolute atomic E-state index is 0.0388. The number of halogens is 1. The predicted molar refractivity (Wildman–Crippen MR) is 105 cm³/mol. The van der Waals surface area contributed by atoms with E-state index < -0.39 is 10.8 Å². The molecule has 0 aliphatic heterocycles. The van der Waals surface area contributed by atoms with Crippen LogP contribution < -0.4 is 14.8 Å². The number of hydrogen-bond donors (Lipinski definition) is 1. The Morgan fingerprint density at radius 1 is 1.28 bits per heavy atom. The van der Waals surface area contributed by atoms with Crippen molar-refractivity contribution in [2.24, 2.45) is 0 Å². The molecule has 29 heavy (non-hydrogen) atoms. The number of hydrogen-bond acceptors (Lipinski definition) is 7. The molecule has 1 amide bonds. The van der Waals surface area contributed by atoms with Crippen molar-refractivity contribution in [1.82, 2.24) is 5.16 Å². The lowest BCUT2D eigenvalue weighted by atomic mass is 10.2. The van der Waals surface area contributed by atoms with Crippen LogP contribution in [-0.2, 0) is 6.61 Å². The molecule has 0 radical (unpaired) electrons. The number of amides is 1. The summed E-state index contributed by atoms with van der Waals surface area (Å²) in [5.41, 5.74) is 0.609. The van der Waals surface area contributed by atoms with Gasteiger partial charge in [0.25, 0.3) is 11.6 Å². The molecule has 2 aromatic carbocycles. The fourth-order valence-corrected chi connectivity index (χ4v) is 2.63. The van der Waals surface area contributed by atoms with Crippen molar-refractivity contribution in [3.8, 4) is 11.5 Å². The van der Waals surface area contributed by atoms with Crippen LogP contribution in [0.15, 0.2) is 47.0 Å². The lowest BCUT2D eigenvalue weighted by molar-refractivity contribution is -0.384. The Morgan fingerprint density at radius 2 is 2.00 bits per heavy atom. The van der Waals surface area contributed by atoms with Crippen LogP contribution >= 0.6 is 11.6 Å². The van der Waals surface area contributed by atoms with Crippen LogP contribution in [0.2, 0.25) is 5.02 Å². The van der Waals surface area contributed by atoms with E-state index in [-0.39, 0.29) is 29.4 Å². The van der Waals surface area contributed by atoms with Gasteiger partial charge in [0.2, 0.25) is 0 Å². The zero-order valence-corrected chi connectivity index (χ0v) is 16.2.